The van der Waals surface area contributed by atoms with E-state index in [9.17, 15) is 14.4 Å². The molecular formula is C18H16N2O3. The second kappa shape index (κ2) is 6.44. The minimum atomic E-state index is -0.410. The Balaban J connectivity index is 1.64. The van der Waals surface area contributed by atoms with Crippen molar-refractivity contribution in [2.24, 2.45) is 0 Å². The standard InChI is InChI=1S/C18H16N2O3/c21-16(19-11-13-6-2-1-3-7-13)12-20-17(22)10-14-8-4-5-9-15(14)18(20)23/h1-9H,10-12H2,(H,19,21). The Kier molecular flexibility index (Phi) is 4.19. The lowest BCUT2D eigenvalue weighted by Crippen LogP contribution is -2.47. The summed E-state index contributed by atoms with van der Waals surface area (Å²) in [5, 5.41) is 2.73. The fourth-order valence-corrected chi connectivity index (χ4v) is 2.56. The van der Waals surface area contributed by atoms with Crippen LogP contribution < -0.4 is 5.32 Å². The topological polar surface area (TPSA) is 66.5 Å². The van der Waals surface area contributed by atoms with Crippen molar-refractivity contribution < 1.29 is 14.4 Å². The molecule has 0 atom stereocenters. The lowest BCUT2D eigenvalue weighted by atomic mass is 9.98. The van der Waals surface area contributed by atoms with Crippen LogP contribution in [0.1, 0.15) is 21.5 Å². The molecule has 1 heterocycles. The maximum Gasteiger partial charge on any atom is 0.261 e. The van der Waals surface area contributed by atoms with E-state index in [1.807, 2.05) is 30.3 Å². The molecule has 2 aromatic rings. The van der Waals surface area contributed by atoms with Gasteiger partial charge in [0.1, 0.15) is 6.54 Å². The Morgan fingerprint density at radius 2 is 1.70 bits per heavy atom. The first-order valence-electron chi connectivity index (χ1n) is 7.38. The number of nitrogens with zero attached hydrogens (tertiary/aromatic N) is 1. The molecule has 0 radical (unpaired) electrons. The number of benzene rings is 2. The number of carbonyl (C=O) groups excluding carboxylic acids is 3. The van der Waals surface area contributed by atoms with Gasteiger partial charge in [0.05, 0.1) is 6.42 Å². The molecule has 0 bridgehead atoms. The largest absolute Gasteiger partial charge is 0.350 e. The van der Waals surface area contributed by atoms with Crippen molar-refractivity contribution in [2.75, 3.05) is 6.54 Å². The van der Waals surface area contributed by atoms with Crippen LogP contribution in [-0.2, 0) is 22.6 Å². The number of imide groups is 1. The van der Waals surface area contributed by atoms with E-state index < -0.39 is 5.91 Å². The third kappa shape index (κ3) is 3.29. The highest BCUT2D eigenvalue weighted by Gasteiger charge is 2.31. The van der Waals surface area contributed by atoms with Gasteiger partial charge in [-0.1, -0.05) is 48.5 Å². The van der Waals surface area contributed by atoms with E-state index in [0.717, 1.165) is 10.5 Å². The minimum Gasteiger partial charge on any atom is -0.350 e. The molecule has 0 saturated carbocycles. The summed E-state index contributed by atoms with van der Waals surface area (Å²) >= 11 is 0. The van der Waals surface area contributed by atoms with Crippen LogP contribution in [0.2, 0.25) is 0 Å². The normalized spacial score (nSPS) is 13.7. The molecule has 116 valence electrons. The summed E-state index contributed by atoms with van der Waals surface area (Å²) in [6, 6.07) is 16.4. The highest BCUT2D eigenvalue weighted by molar-refractivity contribution is 6.11. The van der Waals surface area contributed by atoms with Crippen molar-refractivity contribution in [3.63, 3.8) is 0 Å². The number of rotatable bonds is 4. The number of hydrogen-bond acceptors (Lipinski definition) is 3. The molecule has 0 unspecified atom stereocenters. The van der Waals surface area contributed by atoms with Crippen LogP contribution in [0.4, 0.5) is 0 Å². The summed E-state index contributed by atoms with van der Waals surface area (Å²) in [5.74, 6) is -1.11. The highest BCUT2D eigenvalue weighted by atomic mass is 16.2. The Morgan fingerprint density at radius 3 is 2.48 bits per heavy atom. The predicted octanol–water partition coefficient (Wildman–Crippen LogP) is 1.53. The van der Waals surface area contributed by atoms with Gasteiger partial charge in [-0.3, -0.25) is 19.3 Å². The summed E-state index contributed by atoms with van der Waals surface area (Å²) < 4.78 is 0. The van der Waals surface area contributed by atoms with Gasteiger partial charge in [-0.25, -0.2) is 0 Å². The quantitative estimate of drug-likeness (QED) is 0.871. The number of carbonyl (C=O) groups is 3. The second-order valence-electron chi connectivity index (χ2n) is 5.38. The number of hydrogen-bond donors (Lipinski definition) is 1. The lowest BCUT2D eigenvalue weighted by molar-refractivity contribution is -0.133. The van der Waals surface area contributed by atoms with Gasteiger partial charge in [0.2, 0.25) is 11.8 Å². The number of fused-ring (bicyclic) bond motifs is 1. The Labute approximate surface area is 133 Å². The molecule has 1 N–H and O–H groups in total. The van der Waals surface area contributed by atoms with Crippen LogP contribution in [-0.4, -0.2) is 29.2 Å². The fraction of sp³-hybridized carbons (Fsp3) is 0.167. The molecule has 3 rings (SSSR count). The van der Waals surface area contributed by atoms with E-state index in [2.05, 4.69) is 5.32 Å². The van der Waals surface area contributed by atoms with Crippen molar-refractivity contribution in [1.29, 1.82) is 0 Å². The SMILES string of the molecule is O=C(CN1C(=O)Cc2ccccc2C1=O)NCc1ccccc1. The Morgan fingerprint density at radius 1 is 1.00 bits per heavy atom. The molecule has 5 nitrogen and oxygen atoms in total. The van der Waals surface area contributed by atoms with Gasteiger partial charge < -0.3 is 5.32 Å². The van der Waals surface area contributed by atoms with E-state index in [-0.39, 0.29) is 24.8 Å². The van der Waals surface area contributed by atoms with E-state index >= 15 is 0 Å². The predicted molar refractivity (Wildman–Crippen MR) is 84.5 cm³/mol. The van der Waals surface area contributed by atoms with Gasteiger partial charge in [-0.15, -0.1) is 0 Å². The van der Waals surface area contributed by atoms with Crippen molar-refractivity contribution >= 4 is 17.7 Å². The van der Waals surface area contributed by atoms with Crippen LogP contribution in [0.3, 0.4) is 0 Å². The summed E-state index contributed by atoms with van der Waals surface area (Å²) in [4.78, 5) is 37.5. The third-order valence-electron chi connectivity index (χ3n) is 3.77. The zero-order valence-corrected chi connectivity index (χ0v) is 12.5. The van der Waals surface area contributed by atoms with Crippen LogP contribution in [0.5, 0.6) is 0 Å². The Hall–Kier alpha value is -2.95. The molecule has 3 amide bonds. The maximum atomic E-state index is 12.4. The Bertz CT molecular complexity index is 756. The lowest BCUT2D eigenvalue weighted by Gasteiger charge is -2.26. The molecule has 1 aliphatic heterocycles. The number of amides is 3. The summed E-state index contributed by atoms with van der Waals surface area (Å²) in [5.41, 5.74) is 2.16. The number of nitrogens with one attached hydrogen (secondary N) is 1. The smallest absolute Gasteiger partial charge is 0.261 e. The average molecular weight is 308 g/mol. The molecule has 23 heavy (non-hydrogen) atoms. The van der Waals surface area contributed by atoms with Gasteiger partial charge in [0.25, 0.3) is 5.91 Å². The molecule has 0 aromatic heterocycles. The maximum absolute atomic E-state index is 12.4. The summed E-state index contributed by atoms with van der Waals surface area (Å²) in [6.45, 7) is 0.116. The molecular weight excluding hydrogens is 292 g/mol. The average Bonchev–Trinajstić information content (AvgIpc) is 2.58. The van der Waals surface area contributed by atoms with Gasteiger partial charge in [-0.05, 0) is 17.2 Å². The second-order valence-corrected chi connectivity index (χ2v) is 5.38. The van der Waals surface area contributed by atoms with Crippen LogP contribution in [0.25, 0.3) is 0 Å². The van der Waals surface area contributed by atoms with E-state index in [1.54, 1.807) is 24.3 Å². The van der Waals surface area contributed by atoms with Crippen molar-refractivity contribution in [3.8, 4) is 0 Å². The van der Waals surface area contributed by atoms with Gasteiger partial charge >= 0.3 is 0 Å². The summed E-state index contributed by atoms with van der Waals surface area (Å²) in [7, 11) is 0. The molecule has 0 aliphatic carbocycles. The zero-order valence-electron chi connectivity index (χ0n) is 12.5. The van der Waals surface area contributed by atoms with E-state index in [0.29, 0.717) is 17.7 Å². The first-order chi connectivity index (χ1) is 11.1. The monoisotopic (exact) mass is 308 g/mol. The van der Waals surface area contributed by atoms with Crippen molar-refractivity contribution in [3.05, 3.63) is 71.3 Å². The molecule has 0 saturated heterocycles. The zero-order chi connectivity index (χ0) is 16.2. The van der Waals surface area contributed by atoms with E-state index in [1.165, 1.54) is 0 Å². The summed E-state index contributed by atoms with van der Waals surface area (Å²) in [6.07, 6.45) is 0.147. The van der Waals surface area contributed by atoms with Gasteiger partial charge in [0, 0.05) is 12.1 Å². The molecule has 5 heteroatoms. The van der Waals surface area contributed by atoms with Crippen LogP contribution in [0.15, 0.2) is 54.6 Å². The third-order valence-corrected chi connectivity index (χ3v) is 3.77. The minimum absolute atomic E-state index is 0.147. The molecule has 0 fully saturated rings. The first kappa shape index (κ1) is 15.0. The molecule has 1 aliphatic rings. The fourth-order valence-electron chi connectivity index (χ4n) is 2.56. The van der Waals surface area contributed by atoms with Gasteiger partial charge in [-0.2, -0.15) is 0 Å². The van der Waals surface area contributed by atoms with Crippen LogP contribution in [0, 0.1) is 0 Å². The highest BCUT2D eigenvalue weighted by Crippen LogP contribution is 2.19. The van der Waals surface area contributed by atoms with Gasteiger partial charge in [0.15, 0.2) is 0 Å². The van der Waals surface area contributed by atoms with Crippen molar-refractivity contribution in [1.82, 2.24) is 10.2 Å². The van der Waals surface area contributed by atoms with E-state index in [4.69, 9.17) is 0 Å². The first-order valence-corrected chi connectivity index (χ1v) is 7.38. The van der Waals surface area contributed by atoms with Crippen LogP contribution >= 0.6 is 0 Å². The van der Waals surface area contributed by atoms with Crippen molar-refractivity contribution in [2.45, 2.75) is 13.0 Å². The molecule has 2 aromatic carbocycles. The molecule has 0 spiro atoms.